The zero-order valence-corrected chi connectivity index (χ0v) is 13.5. The van der Waals surface area contributed by atoms with Crippen molar-refractivity contribution in [3.63, 3.8) is 0 Å². The number of likely N-dealkylation sites (tertiary alicyclic amines) is 1. The summed E-state index contributed by atoms with van der Waals surface area (Å²) in [7, 11) is 0. The van der Waals surface area contributed by atoms with Gasteiger partial charge in [-0.1, -0.05) is 6.92 Å². The van der Waals surface area contributed by atoms with Gasteiger partial charge in [0.05, 0.1) is 17.1 Å². The second kappa shape index (κ2) is 5.08. The highest BCUT2D eigenvalue weighted by Crippen LogP contribution is 2.40. The summed E-state index contributed by atoms with van der Waals surface area (Å²) in [5.41, 5.74) is 6.34. The van der Waals surface area contributed by atoms with Crippen LogP contribution in [0.5, 0.6) is 0 Å². The Morgan fingerprint density at radius 1 is 1.36 bits per heavy atom. The monoisotopic (exact) mass is 321 g/mol. The first-order chi connectivity index (χ1) is 10.4. The molecule has 118 valence electrons. The summed E-state index contributed by atoms with van der Waals surface area (Å²) in [4.78, 5) is 40.3. The van der Waals surface area contributed by atoms with E-state index in [2.05, 4.69) is 0 Å². The minimum Gasteiger partial charge on any atom is -0.390 e. The molecule has 0 saturated carbocycles. The molecule has 0 aromatic carbocycles. The number of piperidine rings is 1. The highest BCUT2D eigenvalue weighted by atomic mass is 32.1. The van der Waals surface area contributed by atoms with Gasteiger partial charge in [0, 0.05) is 23.9 Å². The van der Waals surface area contributed by atoms with E-state index in [1.807, 2.05) is 6.92 Å². The quantitative estimate of drug-likeness (QED) is 0.857. The van der Waals surface area contributed by atoms with Gasteiger partial charge in [-0.25, -0.2) is 0 Å². The molecule has 2 aliphatic heterocycles. The molecular weight excluding hydrogens is 302 g/mol. The SMILES string of the molecule is CCCN1C(=O)CCC(C)(N2Cc3c(csc3N)C2=O)C1=O. The number of nitrogens with two attached hydrogens (primary N) is 1. The molecule has 1 saturated heterocycles. The molecule has 2 N–H and O–H groups in total. The molecule has 1 fully saturated rings. The van der Waals surface area contributed by atoms with E-state index in [1.54, 1.807) is 17.2 Å². The van der Waals surface area contributed by atoms with Crippen LogP contribution in [-0.4, -0.2) is 39.6 Å². The first-order valence-corrected chi connectivity index (χ1v) is 8.30. The van der Waals surface area contributed by atoms with Crippen LogP contribution in [0.4, 0.5) is 5.00 Å². The molecule has 0 aliphatic carbocycles. The Kier molecular flexibility index (Phi) is 3.47. The lowest BCUT2D eigenvalue weighted by Crippen LogP contribution is -2.62. The zero-order chi connectivity index (χ0) is 16.1. The highest BCUT2D eigenvalue weighted by molar-refractivity contribution is 7.14. The molecular formula is C15H19N3O3S. The molecule has 1 atom stereocenters. The summed E-state index contributed by atoms with van der Waals surface area (Å²) in [6.07, 6.45) is 1.36. The van der Waals surface area contributed by atoms with Gasteiger partial charge >= 0.3 is 0 Å². The minimum atomic E-state index is -0.969. The molecule has 0 radical (unpaired) electrons. The first-order valence-electron chi connectivity index (χ1n) is 7.42. The smallest absolute Gasteiger partial charge is 0.256 e. The third kappa shape index (κ3) is 1.95. The summed E-state index contributed by atoms with van der Waals surface area (Å²) in [5.74, 6) is -0.583. The Labute approximate surface area is 132 Å². The maximum atomic E-state index is 12.8. The normalized spacial score (nSPS) is 25.1. The second-order valence-corrected chi connectivity index (χ2v) is 6.92. The standard InChI is InChI=1S/C15H19N3O3S/c1-3-6-17-11(19)4-5-15(2,14(17)21)18-7-9-10(13(18)20)8-22-12(9)16/h8H,3-7,16H2,1-2H3. The van der Waals surface area contributed by atoms with Crippen molar-refractivity contribution >= 4 is 34.1 Å². The van der Waals surface area contributed by atoms with Gasteiger partial charge in [0.15, 0.2) is 0 Å². The molecule has 6 nitrogen and oxygen atoms in total. The lowest BCUT2D eigenvalue weighted by molar-refractivity contribution is -0.157. The lowest BCUT2D eigenvalue weighted by atomic mass is 9.87. The fourth-order valence-electron chi connectivity index (χ4n) is 3.21. The van der Waals surface area contributed by atoms with Gasteiger partial charge < -0.3 is 10.6 Å². The molecule has 0 spiro atoms. The number of anilines is 1. The van der Waals surface area contributed by atoms with Gasteiger partial charge in [0.25, 0.3) is 11.8 Å². The number of nitrogen functional groups attached to an aromatic ring is 1. The number of fused-ring (bicyclic) bond motifs is 1. The summed E-state index contributed by atoms with van der Waals surface area (Å²) >= 11 is 1.35. The Balaban J connectivity index is 1.92. The molecule has 3 amide bonds. The van der Waals surface area contributed by atoms with E-state index in [0.717, 1.165) is 5.56 Å². The summed E-state index contributed by atoms with van der Waals surface area (Å²) < 4.78 is 0. The van der Waals surface area contributed by atoms with Crippen molar-refractivity contribution in [3.05, 3.63) is 16.5 Å². The van der Waals surface area contributed by atoms with Crippen molar-refractivity contribution in [1.82, 2.24) is 9.80 Å². The van der Waals surface area contributed by atoms with E-state index in [-0.39, 0.29) is 24.1 Å². The van der Waals surface area contributed by atoms with Crippen LogP contribution in [0.1, 0.15) is 49.0 Å². The topological polar surface area (TPSA) is 83.7 Å². The van der Waals surface area contributed by atoms with E-state index in [4.69, 9.17) is 5.73 Å². The number of nitrogens with zero attached hydrogens (tertiary/aromatic N) is 2. The van der Waals surface area contributed by atoms with Gasteiger partial charge in [-0.2, -0.15) is 0 Å². The summed E-state index contributed by atoms with van der Waals surface area (Å²) in [6, 6.07) is 0. The number of amides is 3. The van der Waals surface area contributed by atoms with Gasteiger partial charge in [-0.3, -0.25) is 19.3 Å². The number of rotatable bonds is 3. The second-order valence-electron chi connectivity index (χ2n) is 6.01. The number of carbonyl (C=O) groups excluding carboxylic acids is 3. The Morgan fingerprint density at radius 3 is 2.73 bits per heavy atom. The van der Waals surface area contributed by atoms with Crippen LogP contribution in [0.15, 0.2) is 5.38 Å². The molecule has 1 aromatic heterocycles. The molecule has 2 aliphatic rings. The van der Waals surface area contributed by atoms with Crippen LogP contribution in [-0.2, 0) is 16.1 Å². The average molecular weight is 321 g/mol. The number of thiophene rings is 1. The van der Waals surface area contributed by atoms with Gasteiger partial charge in [-0.15, -0.1) is 11.3 Å². The molecule has 1 aromatic rings. The van der Waals surface area contributed by atoms with Crippen LogP contribution < -0.4 is 5.73 Å². The number of carbonyl (C=O) groups is 3. The molecule has 7 heteroatoms. The van der Waals surface area contributed by atoms with Crippen LogP contribution in [0.3, 0.4) is 0 Å². The van der Waals surface area contributed by atoms with E-state index in [1.165, 1.54) is 16.2 Å². The van der Waals surface area contributed by atoms with Gasteiger partial charge in [-0.05, 0) is 19.8 Å². The third-order valence-electron chi connectivity index (χ3n) is 4.59. The number of hydrogen-bond acceptors (Lipinski definition) is 5. The van der Waals surface area contributed by atoms with Crippen LogP contribution >= 0.6 is 11.3 Å². The largest absolute Gasteiger partial charge is 0.390 e. The Hall–Kier alpha value is -1.89. The maximum Gasteiger partial charge on any atom is 0.256 e. The van der Waals surface area contributed by atoms with Crippen molar-refractivity contribution in [2.24, 2.45) is 0 Å². The Bertz CT molecular complexity index is 669. The van der Waals surface area contributed by atoms with Crippen molar-refractivity contribution in [2.45, 2.75) is 45.2 Å². The number of imide groups is 1. The van der Waals surface area contributed by atoms with Crippen molar-refractivity contribution in [2.75, 3.05) is 12.3 Å². The predicted molar refractivity (Wildman–Crippen MR) is 83.3 cm³/mol. The van der Waals surface area contributed by atoms with Crippen LogP contribution in [0.2, 0.25) is 0 Å². The predicted octanol–water partition coefficient (Wildman–Crippen LogP) is 1.60. The summed E-state index contributed by atoms with van der Waals surface area (Å²) in [5, 5.41) is 2.37. The zero-order valence-electron chi connectivity index (χ0n) is 12.7. The van der Waals surface area contributed by atoms with Crippen LogP contribution in [0.25, 0.3) is 0 Å². The number of hydrogen-bond donors (Lipinski definition) is 1. The molecule has 0 bridgehead atoms. The Morgan fingerprint density at radius 2 is 2.09 bits per heavy atom. The molecule has 1 unspecified atom stereocenters. The van der Waals surface area contributed by atoms with Crippen molar-refractivity contribution < 1.29 is 14.4 Å². The maximum absolute atomic E-state index is 12.8. The van der Waals surface area contributed by atoms with Gasteiger partial charge in [0.1, 0.15) is 5.54 Å². The average Bonchev–Trinajstić information content (AvgIpc) is 3.01. The highest BCUT2D eigenvalue weighted by Gasteiger charge is 2.51. The lowest BCUT2D eigenvalue weighted by Gasteiger charge is -2.43. The molecule has 3 rings (SSSR count). The molecule has 3 heterocycles. The first kappa shape index (κ1) is 15.0. The van der Waals surface area contributed by atoms with Crippen LogP contribution in [0, 0.1) is 0 Å². The van der Waals surface area contributed by atoms with E-state index < -0.39 is 5.54 Å². The van der Waals surface area contributed by atoms with E-state index in [0.29, 0.717) is 36.5 Å². The van der Waals surface area contributed by atoms with Crippen molar-refractivity contribution in [1.29, 1.82) is 0 Å². The minimum absolute atomic E-state index is 0.148. The van der Waals surface area contributed by atoms with E-state index >= 15 is 0 Å². The third-order valence-corrected chi connectivity index (χ3v) is 5.45. The summed E-state index contributed by atoms with van der Waals surface area (Å²) in [6.45, 7) is 4.43. The fraction of sp³-hybridized carbons (Fsp3) is 0.533. The molecule has 22 heavy (non-hydrogen) atoms. The van der Waals surface area contributed by atoms with Crippen molar-refractivity contribution in [3.8, 4) is 0 Å². The fourth-order valence-corrected chi connectivity index (χ4v) is 4.02. The van der Waals surface area contributed by atoms with E-state index in [9.17, 15) is 14.4 Å². The van der Waals surface area contributed by atoms with Gasteiger partial charge in [0.2, 0.25) is 5.91 Å².